The summed E-state index contributed by atoms with van der Waals surface area (Å²) in [5.41, 5.74) is 3.60. The highest BCUT2D eigenvalue weighted by atomic mass is 32.2. The van der Waals surface area contributed by atoms with Crippen molar-refractivity contribution >= 4 is 44.9 Å². The van der Waals surface area contributed by atoms with Gasteiger partial charge in [0.15, 0.2) is 0 Å². The van der Waals surface area contributed by atoms with Gasteiger partial charge in [-0.3, -0.25) is 9.69 Å². The van der Waals surface area contributed by atoms with Crippen LogP contribution >= 0.6 is 23.1 Å². The van der Waals surface area contributed by atoms with Gasteiger partial charge in [0.2, 0.25) is 0 Å². The molecule has 2 aromatic heterocycles. The highest BCUT2D eigenvalue weighted by Gasteiger charge is 2.22. The fraction of sp³-hybridized carbons (Fsp3) is 0.350. The summed E-state index contributed by atoms with van der Waals surface area (Å²) < 4.78 is 6.64. The van der Waals surface area contributed by atoms with Crippen LogP contribution in [0.2, 0.25) is 0 Å². The van der Waals surface area contributed by atoms with Crippen LogP contribution in [0.4, 0.5) is 5.69 Å². The number of nitrogens with zero attached hydrogens (tertiary/aromatic N) is 1. The molecule has 1 amide bonds. The molecular weight excluding hydrogens is 378 g/mol. The predicted molar refractivity (Wildman–Crippen MR) is 113 cm³/mol. The Balaban J connectivity index is 1.61. The molecule has 5 nitrogen and oxygen atoms in total. The van der Waals surface area contributed by atoms with Gasteiger partial charge in [-0.1, -0.05) is 0 Å². The summed E-state index contributed by atoms with van der Waals surface area (Å²) in [4.78, 5) is 21.1. The van der Waals surface area contributed by atoms with Crippen molar-refractivity contribution in [3.8, 4) is 0 Å². The zero-order chi connectivity index (χ0) is 18.8. The van der Waals surface area contributed by atoms with Crippen molar-refractivity contribution in [2.75, 3.05) is 37.9 Å². The first-order chi connectivity index (χ1) is 13.1. The quantitative estimate of drug-likeness (QED) is 0.624. The number of anilines is 1. The number of aromatic nitrogens is 1. The third-order valence-electron chi connectivity index (χ3n) is 4.75. The summed E-state index contributed by atoms with van der Waals surface area (Å²) in [5.74, 6) is -0.0868. The Morgan fingerprint density at radius 3 is 2.74 bits per heavy atom. The summed E-state index contributed by atoms with van der Waals surface area (Å²) in [7, 11) is 0. The zero-order valence-electron chi connectivity index (χ0n) is 15.5. The number of ether oxygens (including phenoxy) is 1. The molecule has 0 spiro atoms. The molecule has 142 valence electrons. The smallest absolute Gasteiger partial charge is 0.272 e. The largest absolute Gasteiger partial charge is 0.379 e. The fourth-order valence-electron chi connectivity index (χ4n) is 3.35. The van der Waals surface area contributed by atoms with E-state index >= 15 is 0 Å². The van der Waals surface area contributed by atoms with Crippen LogP contribution in [0.1, 0.15) is 20.9 Å². The number of nitrogens with one attached hydrogen (secondary N) is 2. The highest BCUT2D eigenvalue weighted by Crippen LogP contribution is 2.32. The molecule has 0 unspecified atom stereocenters. The van der Waals surface area contributed by atoms with Crippen molar-refractivity contribution in [1.82, 2.24) is 9.88 Å². The number of thioether (sulfide) groups is 1. The van der Waals surface area contributed by atoms with Gasteiger partial charge in [-0.15, -0.1) is 23.1 Å². The molecule has 0 saturated carbocycles. The van der Waals surface area contributed by atoms with Crippen molar-refractivity contribution in [3.63, 3.8) is 0 Å². The second-order valence-electron chi connectivity index (χ2n) is 6.65. The second kappa shape index (κ2) is 8.06. The lowest BCUT2D eigenvalue weighted by molar-refractivity contribution is 0.0343. The van der Waals surface area contributed by atoms with E-state index in [4.69, 9.17) is 4.74 Å². The van der Waals surface area contributed by atoms with E-state index in [9.17, 15) is 4.79 Å². The molecule has 7 heteroatoms. The van der Waals surface area contributed by atoms with Crippen LogP contribution in [-0.2, 0) is 11.3 Å². The average Bonchev–Trinajstić information content (AvgIpc) is 3.20. The molecule has 1 fully saturated rings. The molecule has 1 aromatic carbocycles. The molecule has 1 aliphatic heterocycles. The molecule has 1 saturated heterocycles. The van der Waals surface area contributed by atoms with E-state index in [2.05, 4.69) is 28.2 Å². The average molecular weight is 402 g/mol. The Morgan fingerprint density at radius 1 is 1.30 bits per heavy atom. The number of hydrogen-bond donors (Lipinski definition) is 2. The number of aromatic amines is 1. The van der Waals surface area contributed by atoms with E-state index in [-0.39, 0.29) is 5.91 Å². The summed E-state index contributed by atoms with van der Waals surface area (Å²) in [6.07, 6.45) is 2.04. The lowest BCUT2D eigenvalue weighted by Gasteiger charge is -2.26. The normalized spacial score (nSPS) is 15.3. The first-order valence-electron chi connectivity index (χ1n) is 9.00. The molecule has 4 rings (SSSR count). The molecule has 3 heterocycles. The molecule has 0 radical (unpaired) electrons. The maximum Gasteiger partial charge on any atom is 0.272 e. The monoisotopic (exact) mass is 401 g/mol. The number of thiophene rings is 1. The van der Waals surface area contributed by atoms with Crippen molar-refractivity contribution in [3.05, 3.63) is 46.5 Å². The lowest BCUT2D eigenvalue weighted by atomic mass is 10.2. The van der Waals surface area contributed by atoms with Crippen LogP contribution in [0.5, 0.6) is 0 Å². The number of morpholine rings is 1. The van der Waals surface area contributed by atoms with Gasteiger partial charge in [-0.2, -0.15) is 0 Å². The van der Waals surface area contributed by atoms with Crippen LogP contribution in [0.3, 0.4) is 0 Å². The van der Waals surface area contributed by atoms with E-state index in [1.54, 1.807) is 23.1 Å². The number of carbonyl (C=O) groups excluding carboxylic acids is 1. The van der Waals surface area contributed by atoms with Crippen LogP contribution in [-0.4, -0.2) is 48.4 Å². The molecule has 2 N–H and O–H groups in total. The maximum absolute atomic E-state index is 13.0. The SMILES string of the molecule is CSc1ccc(NC(=O)c2[nH]c3cc(C)sc3c2CN2CCOCC2)cc1. The number of H-pyrrole nitrogens is 1. The Labute approximate surface area is 167 Å². The zero-order valence-corrected chi connectivity index (χ0v) is 17.1. The molecule has 0 atom stereocenters. The van der Waals surface area contributed by atoms with Crippen LogP contribution in [0.25, 0.3) is 10.2 Å². The van der Waals surface area contributed by atoms with Crippen LogP contribution < -0.4 is 5.32 Å². The number of benzene rings is 1. The van der Waals surface area contributed by atoms with E-state index in [0.717, 1.165) is 49.6 Å². The number of fused-ring (bicyclic) bond motifs is 1. The third kappa shape index (κ3) is 4.06. The topological polar surface area (TPSA) is 57.4 Å². The number of rotatable bonds is 5. The van der Waals surface area contributed by atoms with Gasteiger partial charge in [-0.25, -0.2) is 0 Å². The van der Waals surface area contributed by atoms with Gasteiger partial charge < -0.3 is 15.0 Å². The van der Waals surface area contributed by atoms with Crippen molar-refractivity contribution in [2.45, 2.75) is 18.4 Å². The fourth-order valence-corrected chi connectivity index (χ4v) is 4.77. The summed E-state index contributed by atoms with van der Waals surface area (Å²) in [6, 6.07) is 10.0. The van der Waals surface area contributed by atoms with Gasteiger partial charge >= 0.3 is 0 Å². The Hall–Kier alpha value is -1.80. The predicted octanol–water partition coefficient (Wildman–Crippen LogP) is 4.34. The lowest BCUT2D eigenvalue weighted by Crippen LogP contribution is -2.36. The van der Waals surface area contributed by atoms with E-state index in [1.165, 1.54) is 14.5 Å². The summed E-state index contributed by atoms with van der Waals surface area (Å²) in [5, 5.41) is 3.03. The molecule has 0 bridgehead atoms. The number of hydrogen-bond acceptors (Lipinski definition) is 5. The van der Waals surface area contributed by atoms with Gasteiger partial charge in [0, 0.05) is 40.7 Å². The van der Waals surface area contributed by atoms with E-state index in [0.29, 0.717) is 5.69 Å². The molecule has 0 aliphatic carbocycles. The van der Waals surface area contributed by atoms with Crippen molar-refractivity contribution < 1.29 is 9.53 Å². The highest BCUT2D eigenvalue weighted by molar-refractivity contribution is 7.98. The maximum atomic E-state index is 13.0. The Morgan fingerprint density at radius 2 is 2.04 bits per heavy atom. The van der Waals surface area contributed by atoms with Crippen molar-refractivity contribution in [2.24, 2.45) is 0 Å². The molecular formula is C20H23N3O2S2. The van der Waals surface area contributed by atoms with Crippen LogP contribution in [0.15, 0.2) is 35.2 Å². The first kappa shape index (κ1) is 18.6. The Bertz CT molecular complexity index is 940. The van der Waals surface area contributed by atoms with Crippen LogP contribution in [0, 0.1) is 6.92 Å². The van der Waals surface area contributed by atoms with Gasteiger partial charge in [0.25, 0.3) is 5.91 Å². The third-order valence-corrected chi connectivity index (χ3v) is 6.61. The summed E-state index contributed by atoms with van der Waals surface area (Å²) in [6.45, 7) is 6.16. The van der Waals surface area contributed by atoms with E-state index < -0.39 is 0 Å². The van der Waals surface area contributed by atoms with Gasteiger partial charge in [0.1, 0.15) is 5.69 Å². The minimum atomic E-state index is -0.0868. The first-order valence-corrected chi connectivity index (χ1v) is 11.0. The molecule has 3 aromatic rings. The molecule has 27 heavy (non-hydrogen) atoms. The van der Waals surface area contributed by atoms with Gasteiger partial charge in [0.05, 0.1) is 23.4 Å². The van der Waals surface area contributed by atoms with E-state index in [1.807, 2.05) is 30.5 Å². The standard InChI is InChI=1S/C20H23N3O2S2/c1-13-11-17-19(27-13)16(12-23-7-9-25-10-8-23)18(22-17)20(24)21-14-3-5-15(26-2)6-4-14/h3-6,11,22H,7-10,12H2,1-2H3,(H,21,24). The number of aryl methyl sites for hydroxylation is 1. The number of carbonyl (C=O) groups is 1. The second-order valence-corrected chi connectivity index (χ2v) is 8.79. The minimum absolute atomic E-state index is 0.0868. The molecule has 1 aliphatic rings. The van der Waals surface area contributed by atoms with Gasteiger partial charge in [-0.05, 0) is 43.5 Å². The minimum Gasteiger partial charge on any atom is -0.379 e. The van der Waals surface area contributed by atoms with Crippen molar-refractivity contribution in [1.29, 1.82) is 0 Å². The number of amides is 1. The Kier molecular flexibility index (Phi) is 5.54. The summed E-state index contributed by atoms with van der Waals surface area (Å²) >= 11 is 3.43.